The largest absolute Gasteiger partial charge is 0.355 e. The molecule has 0 bridgehead atoms. The van der Waals surface area contributed by atoms with Gasteiger partial charge in [0.25, 0.3) is 0 Å². The van der Waals surface area contributed by atoms with E-state index in [2.05, 4.69) is 14.9 Å². The SMILES string of the molecule is CN(CC1CCN(c2cnccn2)CC1)S(=O)(=O)C1CC1. The van der Waals surface area contributed by atoms with Crippen LogP contribution >= 0.6 is 0 Å². The number of rotatable bonds is 5. The van der Waals surface area contributed by atoms with E-state index in [1.807, 2.05) is 0 Å². The van der Waals surface area contributed by atoms with Gasteiger partial charge in [-0.25, -0.2) is 17.7 Å². The zero-order valence-corrected chi connectivity index (χ0v) is 13.2. The third kappa shape index (κ3) is 3.35. The van der Waals surface area contributed by atoms with Crippen LogP contribution < -0.4 is 4.90 Å². The number of hydrogen-bond acceptors (Lipinski definition) is 5. The van der Waals surface area contributed by atoms with Crippen molar-refractivity contribution in [3.05, 3.63) is 18.6 Å². The van der Waals surface area contributed by atoms with Crippen LogP contribution in [0.15, 0.2) is 18.6 Å². The highest BCUT2D eigenvalue weighted by atomic mass is 32.2. The minimum atomic E-state index is -3.03. The van der Waals surface area contributed by atoms with E-state index in [0.717, 1.165) is 44.6 Å². The molecule has 0 amide bonds. The first-order valence-electron chi connectivity index (χ1n) is 7.53. The van der Waals surface area contributed by atoms with E-state index < -0.39 is 10.0 Å². The summed E-state index contributed by atoms with van der Waals surface area (Å²) in [5.41, 5.74) is 0. The van der Waals surface area contributed by atoms with Crippen LogP contribution in [-0.2, 0) is 10.0 Å². The molecule has 21 heavy (non-hydrogen) atoms. The summed E-state index contributed by atoms with van der Waals surface area (Å²) in [6.45, 7) is 2.48. The first-order chi connectivity index (χ1) is 10.1. The van der Waals surface area contributed by atoms with Gasteiger partial charge < -0.3 is 4.90 Å². The van der Waals surface area contributed by atoms with Crippen molar-refractivity contribution >= 4 is 15.8 Å². The van der Waals surface area contributed by atoms with Gasteiger partial charge >= 0.3 is 0 Å². The lowest BCUT2D eigenvalue weighted by Gasteiger charge is -2.34. The molecule has 1 aromatic heterocycles. The minimum absolute atomic E-state index is 0.109. The molecule has 1 aromatic rings. The second kappa shape index (κ2) is 5.88. The van der Waals surface area contributed by atoms with E-state index in [1.54, 1.807) is 29.9 Å². The van der Waals surface area contributed by atoms with Gasteiger partial charge in [-0.15, -0.1) is 0 Å². The molecule has 2 fully saturated rings. The van der Waals surface area contributed by atoms with Gasteiger partial charge in [0.2, 0.25) is 10.0 Å². The molecule has 0 radical (unpaired) electrons. The van der Waals surface area contributed by atoms with Crippen LogP contribution in [0.4, 0.5) is 5.82 Å². The van der Waals surface area contributed by atoms with Crippen molar-refractivity contribution in [2.75, 3.05) is 31.6 Å². The number of hydrogen-bond donors (Lipinski definition) is 0. The van der Waals surface area contributed by atoms with Gasteiger partial charge in [-0.2, -0.15) is 0 Å². The molecule has 2 aliphatic rings. The third-order valence-corrected chi connectivity index (χ3v) is 6.72. The summed E-state index contributed by atoms with van der Waals surface area (Å²) in [6, 6.07) is 0. The quantitative estimate of drug-likeness (QED) is 0.815. The lowest BCUT2D eigenvalue weighted by Crippen LogP contribution is -2.40. The molecule has 0 atom stereocenters. The Bertz CT molecular complexity index is 566. The van der Waals surface area contributed by atoms with Gasteiger partial charge in [-0.05, 0) is 31.6 Å². The Morgan fingerprint density at radius 2 is 1.95 bits per heavy atom. The summed E-state index contributed by atoms with van der Waals surface area (Å²) in [7, 11) is -1.31. The number of nitrogens with zero attached hydrogens (tertiary/aromatic N) is 4. The fraction of sp³-hybridized carbons (Fsp3) is 0.714. The molecular formula is C14H22N4O2S. The van der Waals surface area contributed by atoms with Crippen molar-refractivity contribution < 1.29 is 8.42 Å². The highest BCUT2D eigenvalue weighted by Crippen LogP contribution is 2.31. The molecule has 1 saturated carbocycles. The summed E-state index contributed by atoms with van der Waals surface area (Å²) in [5.74, 6) is 1.35. The van der Waals surface area contributed by atoms with Crippen LogP contribution in [0.5, 0.6) is 0 Å². The maximum atomic E-state index is 12.1. The normalized spacial score (nSPS) is 21.0. The lowest BCUT2D eigenvalue weighted by atomic mass is 9.97. The maximum absolute atomic E-state index is 12.1. The van der Waals surface area contributed by atoms with Crippen LogP contribution in [0.1, 0.15) is 25.7 Å². The number of piperidine rings is 1. The molecule has 1 aliphatic heterocycles. The van der Waals surface area contributed by atoms with Gasteiger partial charge in [0.05, 0.1) is 11.4 Å². The predicted octanol–water partition coefficient (Wildman–Crippen LogP) is 1.12. The lowest BCUT2D eigenvalue weighted by molar-refractivity contribution is 0.327. The highest BCUT2D eigenvalue weighted by molar-refractivity contribution is 7.90. The first-order valence-corrected chi connectivity index (χ1v) is 9.04. The summed E-state index contributed by atoms with van der Waals surface area (Å²) in [6.07, 6.45) is 8.83. The van der Waals surface area contributed by atoms with Crippen LogP contribution in [0.3, 0.4) is 0 Å². The Labute approximate surface area is 126 Å². The summed E-state index contributed by atoms with van der Waals surface area (Å²) >= 11 is 0. The third-order valence-electron chi connectivity index (χ3n) is 4.38. The molecule has 3 rings (SSSR count). The molecular weight excluding hydrogens is 288 g/mol. The Morgan fingerprint density at radius 1 is 1.24 bits per heavy atom. The average molecular weight is 310 g/mol. The van der Waals surface area contributed by atoms with Gasteiger partial charge in [0, 0.05) is 39.1 Å². The first kappa shape index (κ1) is 14.7. The maximum Gasteiger partial charge on any atom is 0.216 e. The molecule has 0 spiro atoms. The monoisotopic (exact) mass is 310 g/mol. The van der Waals surface area contributed by atoms with Crippen molar-refractivity contribution in [2.45, 2.75) is 30.9 Å². The summed E-state index contributed by atoms with van der Waals surface area (Å²) in [4.78, 5) is 10.6. The molecule has 7 heteroatoms. The van der Waals surface area contributed by atoms with E-state index in [1.165, 1.54) is 0 Å². The van der Waals surface area contributed by atoms with Crippen molar-refractivity contribution in [1.82, 2.24) is 14.3 Å². The van der Waals surface area contributed by atoms with Gasteiger partial charge in [-0.1, -0.05) is 0 Å². The van der Waals surface area contributed by atoms with E-state index in [0.29, 0.717) is 12.5 Å². The topological polar surface area (TPSA) is 66.4 Å². The van der Waals surface area contributed by atoms with Crippen LogP contribution in [0.2, 0.25) is 0 Å². The Hall–Kier alpha value is -1.21. The predicted molar refractivity (Wildman–Crippen MR) is 81.5 cm³/mol. The average Bonchev–Trinajstić information content (AvgIpc) is 3.34. The van der Waals surface area contributed by atoms with Gasteiger partial charge in [0.1, 0.15) is 5.82 Å². The van der Waals surface area contributed by atoms with Crippen LogP contribution in [0, 0.1) is 5.92 Å². The molecule has 116 valence electrons. The number of aromatic nitrogens is 2. The molecule has 2 heterocycles. The molecule has 6 nitrogen and oxygen atoms in total. The number of anilines is 1. The molecule has 1 saturated heterocycles. The highest BCUT2D eigenvalue weighted by Gasteiger charge is 2.39. The zero-order valence-electron chi connectivity index (χ0n) is 12.4. The fourth-order valence-corrected chi connectivity index (χ4v) is 4.55. The van der Waals surface area contributed by atoms with Crippen molar-refractivity contribution in [3.8, 4) is 0 Å². The zero-order chi connectivity index (χ0) is 14.9. The van der Waals surface area contributed by atoms with Crippen LogP contribution in [-0.4, -0.2) is 54.6 Å². The van der Waals surface area contributed by atoms with Crippen molar-refractivity contribution in [1.29, 1.82) is 0 Å². The summed E-state index contributed by atoms with van der Waals surface area (Å²) in [5, 5.41) is -0.109. The Balaban J connectivity index is 1.52. The second-order valence-electron chi connectivity index (χ2n) is 6.02. The minimum Gasteiger partial charge on any atom is -0.355 e. The number of sulfonamides is 1. The second-order valence-corrected chi connectivity index (χ2v) is 8.34. The van der Waals surface area contributed by atoms with E-state index >= 15 is 0 Å². The van der Waals surface area contributed by atoms with Gasteiger partial charge in [-0.3, -0.25) is 4.98 Å². The Morgan fingerprint density at radius 3 is 2.52 bits per heavy atom. The van der Waals surface area contributed by atoms with Crippen LogP contribution in [0.25, 0.3) is 0 Å². The van der Waals surface area contributed by atoms with E-state index in [-0.39, 0.29) is 5.25 Å². The molecule has 1 aliphatic carbocycles. The summed E-state index contributed by atoms with van der Waals surface area (Å²) < 4.78 is 25.9. The molecule has 0 N–H and O–H groups in total. The van der Waals surface area contributed by atoms with E-state index in [4.69, 9.17) is 0 Å². The standard InChI is InChI=1S/C14H22N4O2S/c1-17(21(19,20)13-2-3-13)11-12-4-8-18(9-5-12)14-10-15-6-7-16-14/h6-7,10,12-13H,2-5,8-9,11H2,1H3. The Kier molecular flexibility index (Phi) is 4.12. The molecule has 0 unspecified atom stereocenters. The molecule has 0 aromatic carbocycles. The smallest absolute Gasteiger partial charge is 0.216 e. The van der Waals surface area contributed by atoms with E-state index in [9.17, 15) is 8.42 Å². The van der Waals surface area contributed by atoms with Crippen molar-refractivity contribution in [2.24, 2.45) is 5.92 Å². The van der Waals surface area contributed by atoms with Gasteiger partial charge in [0.15, 0.2) is 0 Å². The fourth-order valence-electron chi connectivity index (χ4n) is 2.89. The van der Waals surface area contributed by atoms with Crippen molar-refractivity contribution in [3.63, 3.8) is 0 Å².